The normalized spacial score (nSPS) is 14.5. The van der Waals surface area contributed by atoms with Gasteiger partial charge in [-0.1, -0.05) is 6.07 Å². The number of hydrogen-bond acceptors (Lipinski definition) is 4. The largest absolute Gasteiger partial charge is 0.487 e. The molecule has 1 N–H and O–H groups in total. The van der Waals surface area contributed by atoms with Crippen molar-refractivity contribution in [2.75, 3.05) is 20.6 Å². The van der Waals surface area contributed by atoms with E-state index in [0.717, 1.165) is 11.1 Å². The van der Waals surface area contributed by atoms with E-state index in [1.807, 2.05) is 19.1 Å². The number of amides is 2. The number of ether oxygens (including phenoxy) is 1. The number of benzene rings is 2. The summed E-state index contributed by atoms with van der Waals surface area (Å²) in [5.41, 5.74) is 3.24. The SMILES string of the molecule is CC(=O)c1ccc(F)c(-c2cc(C)cc3c2O[C@@H](CNC(=O)CCC(=O)N(C)C)C3)c1. The van der Waals surface area contributed by atoms with E-state index < -0.39 is 5.82 Å². The first-order valence-corrected chi connectivity index (χ1v) is 10.2. The van der Waals surface area contributed by atoms with E-state index in [1.54, 1.807) is 20.2 Å². The summed E-state index contributed by atoms with van der Waals surface area (Å²) < 4.78 is 20.7. The molecule has 0 bridgehead atoms. The zero-order chi connectivity index (χ0) is 22.7. The van der Waals surface area contributed by atoms with E-state index in [9.17, 15) is 18.8 Å². The number of fused-ring (bicyclic) bond motifs is 1. The number of carbonyl (C=O) groups is 3. The molecular formula is C24H27FN2O4. The average Bonchev–Trinajstić information content (AvgIpc) is 3.12. The Labute approximate surface area is 181 Å². The fraction of sp³-hybridized carbons (Fsp3) is 0.375. The monoisotopic (exact) mass is 426 g/mol. The van der Waals surface area contributed by atoms with Crippen LogP contribution in [0, 0.1) is 12.7 Å². The minimum Gasteiger partial charge on any atom is -0.487 e. The number of carbonyl (C=O) groups excluding carboxylic acids is 3. The van der Waals surface area contributed by atoms with Crippen LogP contribution < -0.4 is 10.1 Å². The van der Waals surface area contributed by atoms with E-state index >= 15 is 0 Å². The molecule has 1 aliphatic heterocycles. The maximum atomic E-state index is 14.6. The molecule has 2 aromatic rings. The lowest BCUT2D eigenvalue weighted by atomic mass is 9.95. The number of ketones is 1. The van der Waals surface area contributed by atoms with Crippen molar-refractivity contribution in [1.29, 1.82) is 0 Å². The zero-order valence-electron chi connectivity index (χ0n) is 18.3. The highest BCUT2D eigenvalue weighted by Crippen LogP contribution is 2.41. The summed E-state index contributed by atoms with van der Waals surface area (Å²) in [6, 6.07) is 8.14. The van der Waals surface area contributed by atoms with Gasteiger partial charge in [0.2, 0.25) is 11.8 Å². The van der Waals surface area contributed by atoms with Crippen LogP contribution in [0.3, 0.4) is 0 Å². The van der Waals surface area contributed by atoms with E-state index in [1.165, 1.54) is 24.0 Å². The van der Waals surface area contributed by atoms with Crippen molar-refractivity contribution in [3.63, 3.8) is 0 Å². The quantitative estimate of drug-likeness (QED) is 0.690. The van der Waals surface area contributed by atoms with E-state index in [0.29, 0.717) is 28.9 Å². The second kappa shape index (κ2) is 9.29. The molecule has 0 saturated carbocycles. The lowest BCUT2D eigenvalue weighted by Gasteiger charge is -2.15. The summed E-state index contributed by atoms with van der Waals surface area (Å²) in [5, 5.41) is 2.81. The molecule has 0 aliphatic carbocycles. The molecule has 6 nitrogen and oxygen atoms in total. The molecule has 0 spiro atoms. The van der Waals surface area contributed by atoms with Crippen LogP contribution >= 0.6 is 0 Å². The molecule has 31 heavy (non-hydrogen) atoms. The van der Waals surface area contributed by atoms with Crippen molar-refractivity contribution in [3.05, 3.63) is 52.8 Å². The highest BCUT2D eigenvalue weighted by atomic mass is 19.1. The van der Waals surface area contributed by atoms with E-state index in [-0.39, 0.29) is 43.1 Å². The summed E-state index contributed by atoms with van der Waals surface area (Å²) in [4.78, 5) is 36.9. The Hall–Kier alpha value is -3.22. The fourth-order valence-electron chi connectivity index (χ4n) is 3.62. The number of nitrogens with zero attached hydrogens (tertiary/aromatic N) is 1. The first-order valence-electron chi connectivity index (χ1n) is 10.2. The van der Waals surface area contributed by atoms with Gasteiger partial charge in [-0.2, -0.15) is 0 Å². The summed E-state index contributed by atoms with van der Waals surface area (Å²) in [5.74, 6) is -0.309. The van der Waals surface area contributed by atoms with E-state index in [2.05, 4.69) is 5.32 Å². The first-order chi connectivity index (χ1) is 14.7. The molecule has 2 aromatic carbocycles. The Balaban J connectivity index is 1.73. The topological polar surface area (TPSA) is 75.7 Å². The van der Waals surface area contributed by atoms with Gasteiger partial charge in [-0.3, -0.25) is 14.4 Å². The lowest BCUT2D eigenvalue weighted by molar-refractivity contribution is -0.131. The van der Waals surface area contributed by atoms with Gasteiger partial charge in [-0.15, -0.1) is 0 Å². The minimum absolute atomic E-state index is 0.102. The molecule has 164 valence electrons. The summed E-state index contributed by atoms with van der Waals surface area (Å²) in [6.45, 7) is 3.66. The van der Waals surface area contributed by atoms with Gasteiger partial charge < -0.3 is 15.0 Å². The summed E-state index contributed by atoms with van der Waals surface area (Å²) in [7, 11) is 3.30. The molecule has 2 amide bonds. The third-order valence-electron chi connectivity index (χ3n) is 5.30. The van der Waals surface area contributed by atoms with Gasteiger partial charge >= 0.3 is 0 Å². The molecule has 0 radical (unpaired) electrons. The second-order valence-corrected chi connectivity index (χ2v) is 8.09. The van der Waals surface area contributed by atoms with Crippen LogP contribution in [-0.2, 0) is 16.0 Å². The predicted octanol–water partition coefficient (Wildman–Crippen LogP) is 3.29. The van der Waals surface area contributed by atoms with Gasteiger partial charge in [0.1, 0.15) is 17.7 Å². The molecule has 1 atom stereocenters. The first kappa shape index (κ1) is 22.5. The zero-order valence-corrected chi connectivity index (χ0v) is 18.3. The second-order valence-electron chi connectivity index (χ2n) is 8.09. The molecule has 3 rings (SSSR count). The van der Waals surface area contributed by atoms with Crippen molar-refractivity contribution < 1.29 is 23.5 Å². The van der Waals surface area contributed by atoms with Crippen LogP contribution in [0.5, 0.6) is 5.75 Å². The molecule has 1 heterocycles. The van der Waals surface area contributed by atoms with Crippen LogP contribution in [0.1, 0.15) is 41.3 Å². The smallest absolute Gasteiger partial charge is 0.222 e. The highest BCUT2D eigenvalue weighted by Gasteiger charge is 2.28. The van der Waals surface area contributed by atoms with Crippen LogP contribution in [0.4, 0.5) is 4.39 Å². The van der Waals surface area contributed by atoms with Gasteiger partial charge in [0, 0.05) is 50.0 Å². The van der Waals surface area contributed by atoms with Crippen LogP contribution in [0.2, 0.25) is 0 Å². The Morgan fingerprint density at radius 1 is 1.13 bits per heavy atom. The summed E-state index contributed by atoms with van der Waals surface area (Å²) >= 11 is 0. The Kier molecular flexibility index (Phi) is 6.73. The fourth-order valence-corrected chi connectivity index (χ4v) is 3.62. The molecule has 1 aliphatic rings. The number of hydrogen-bond donors (Lipinski definition) is 1. The number of aryl methyl sites for hydroxylation is 1. The van der Waals surface area contributed by atoms with Crippen molar-refractivity contribution in [1.82, 2.24) is 10.2 Å². The number of nitrogens with one attached hydrogen (secondary N) is 1. The molecule has 0 aromatic heterocycles. The highest BCUT2D eigenvalue weighted by molar-refractivity contribution is 5.95. The van der Waals surface area contributed by atoms with Gasteiger partial charge in [0.25, 0.3) is 0 Å². The molecule has 0 saturated heterocycles. The van der Waals surface area contributed by atoms with Crippen molar-refractivity contribution in [2.24, 2.45) is 0 Å². The number of halogens is 1. The third-order valence-corrected chi connectivity index (χ3v) is 5.30. The molecular weight excluding hydrogens is 399 g/mol. The van der Waals surface area contributed by atoms with Crippen LogP contribution in [0.15, 0.2) is 30.3 Å². The standard InChI is InChI=1S/C24H27FN2O4/c1-14-9-17-11-18(13-26-22(29)7-8-23(30)27(3)4)31-24(17)20(10-14)19-12-16(15(2)28)5-6-21(19)25/h5-6,9-10,12,18H,7-8,11,13H2,1-4H3,(H,26,29)/t18-/m1/s1. The third kappa shape index (κ3) is 5.29. The van der Waals surface area contributed by atoms with Gasteiger partial charge in [-0.25, -0.2) is 4.39 Å². The Bertz CT molecular complexity index is 1030. The molecule has 7 heteroatoms. The number of rotatable bonds is 7. The molecule has 0 unspecified atom stereocenters. The predicted molar refractivity (Wildman–Crippen MR) is 116 cm³/mol. The van der Waals surface area contributed by atoms with Crippen molar-refractivity contribution >= 4 is 17.6 Å². The van der Waals surface area contributed by atoms with Gasteiger partial charge in [-0.05, 0) is 49.2 Å². The van der Waals surface area contributed by atoms with Gasteiger partial charge in [0.15, 0.2) is 5.78 Å². The van der Waals surface area contributed by atoms with Crippen LogP contribution in [-0.4, -0.2) is 49.2 Å². The minimum atomic E-state index is -0.427. The summed E-state index contributed by atoms with van der Waals surface area (Å²) in [6.07, 6.45) is 0.557. The Morgan fingerprint density at radius 2 is 1.87 bits per heavy atom. The average molecular weight is 426 g/mol. The van der Waals surface area contributed by atoms with Crippen molar-refractivity contribution in [3.8, 4) is 16.9 Å². The maximum Gasteiger partial charge on any atom is 0.222 e. The van der Waals surface area contributed by atoms with Crippen molar-refractivity contribution in [2.45, 2.75) is 39.2 Å². The molecule has 0 fully saturated rings. The van der Waals surface area contributed by atoms with Crippen LogP contribution in [0.25, 0.3) is 11.1 Å². The van der Waals surface area contributed by atoms with Gasteiger partial charge in [0.05, 0.1) is 6.54 Å². The maximum absolute atomic E-state index is 14.6. The number of Topliss-reactive ketones (excluding diaryl/α,β-unsaturated/α-hetero) is 1. The van der Waals surface area contributed by atoms with E-state index in [4.69, 9.17) is 4.74 Å². The lowest BCUT2D eigenvalue weighted by Crippen LogP contribution is -2.35. The Morgan fingerprint density at radius 3 is 2.55 bits per heavy atom.